The van der Waals surface area contributed by atoms with Gasteiger partial charge in [0.1, 0.15) is 5.54 Å². The second-order valence-electron chi connectivity index (χ2n) is 6.47. The molecule has 0 aromatic rings. The van der Waals surface area contributed by atoms with Gasteiger partial charge in [-0.15, -0.1) is 0 Å². The summed E-state index contributed by atoms with van der Waals surface area (Å²) in [7, 11) is 0. The molecule has 2 fully saturated rings. The summed E-state index contributed by atoms with van der Waals surface area (Å²) in [5.74, 6) is 0. The summed E-state index contributed by atoms with van der Waals surface area (Å²) in [5, 5.41) is 19.5. The van der Waals surface area contributed by atoms with Gasteiger partial charge in [0.25, 0.3) is 0 Å². The predicted molar refractivity (Wildman–Crippen MR) is 75.7 cm³/mol. The summed E-state index contributed by atoms with van der Waals surface area (Å²) in [6.07, 6.45) is 5.59. The molecule has 1 heterocycles. The van der Waals surface area contributed by atoms with E-state index in [4.69, 9.17) is 0 Å². The normalized spacial score (nSPS) is 31.7. The quantitative estimate of drug-likeness (QED) is 0.771. The lowest BCUT2D eigenvalue weighted by Crippen LogP contribution is -2.57. The first-order valence-corrected chi connectivity index (χ1v) is 7.63. The molecule has 1 saturated carbocycles. The Morgan fingerprint density at radius 3 is 2.32 bits per heavy atom. The average Bonchev–Trinajstić information content (AvgIpc) is 2.63. The van der Waals surface area contributed by atoms with E-state index in [1.54, 1.807) is 0 Å². The Balaban J connectivity index is 1.90. The topological polar surface area (TPSA) is 50.5 Å². The number of aliphatic hydroxyl groups excluding tert-OH is 1. The van der Waals surface area contributed by atoms with Gasteiger partial charge in [0.05, 0.1) is 12.2 Å². The number of hydrogen-bond donors (Lipinski definition) is 1. The van der Waals surface area contributed by atoms with Gasteiger partial charge in [-0.05, 0) is 26.7 Å². The Kier molecular flexibility index (Phi) is 4.83. The van der Waals surface area contributed by atoms with Crippen LogP contribution in [-0.4, -0.2) is 58.8 Å². The van der Waals surface area contributed by atoms with Crippen molar-refractivity contribution in [3.63, 3.8) is 0 Å². The van der Waals surface area contributed by atoms with Crippen LogP contribution in [0.3, 0.4) is 0 Å². The highest BCUT2D eigenvalue weighted by molar-refractivity contribution is 5.03. The van der Waals surface area contributed by atoms with Crippen molar-refractivity contribution in [2.45, 2.75) is 63.6 Å². The fourth-order valence-corrected chi connectivity index (χ4v) is 3.38. The first-order chi connectivity index (χ1) is 9.04. The maximum Gasteiger partial charge on any atom is 0.103 e. The molecular weight excluding hydrogens is 238 g/mol. The molecule has 1 aliphatic carbocycles. The van der Waals surface area contributed by atoms with Gasteiger partial charge in [0, 0.05) is 32.2 Å². The lowest BCUT2D eigenvalue weighted by molar-refractivity contribution is 0.00114. The van der Waals surface area contributed by atoms with Crippen LogP contribution in [0.25, 0.3) is 0 Å². The van der Waals surface area contributed by atoms with Crippen LogP contribution in [0.1, 0.15) is 46.0 Å². The van der Waals surface area contributed by atoms with E-state index in [9.17, 15) is 10.4 Å². The fraction of sp³-hybridized carbons (Fsp3) is 0.933. The first kappa shape index (κ1) is 14.8. The number of aliphatic hydroxyl groups is 1. The Morgan fingerprint density at radius 1 is 1.05 bits per heavy atom. The molecule has 2 unspecified atom stereocenters. The fourth-order valence-electron chi connectivity index (χ4n) is 3.38. The van der Waals surface area contributed by atoms with Crippen LogP contribution >= 0.6 is 0 Å². The summed E-state index contributed by atoms with van der Waals surface area (Å²) in [5.41, 5.74) is -0.367. The van der Waals surface area contributed by atoms with Gasteiger partial charge in [-0.25, -0.2) is 0 Å². The third kappa shape index (κ3) is 3.47. The van der Waals surface area contributed by atoms with Crippen LogP contribution in [0.2, 0.25) is 0 Å². The molecule has 2 atom stereocenters. The van der Waals surface area contributed by atoms with Crippen LogP contribution < -0.4 is 0 Å². The van der Waals surface area contributed by atoms with Crippen molar-refractivity contribution in [2.75, 3.05) is 26.2 Å². The lowest BCUT2D eigenvalue weighted by atomic mass is 10.0. The Morgan fingerprint density at radius 2 is 1.68 bits per heavy atom. The minimum atomic E-state index is -0.367. The van der Waals surface area contributed by atoms with Crippen LogP contribution in [-0.2, 0) is 0 Å². The minimum absolute atomic E-state index is 0.155. The first-order valence-electron chi connectivity index (χ1n) is 7.63. The van der Waals surface area contributed by atoms with Crippen LogP contribution in [0.4, 0.5) is 0 Å². The summed E-state index contributed by atoms with van der Waals surface area (Å²) >= 11 is 0. The summed E-state index contributed by atoms with van der Waals surface area (Å²) < 4.78 is 0. The van der Waals surface area contributed by atoms with Gasteiger partial charge in [0.15, 0.2) is 0 Å². The standard InChI is InChI=1S/C15H27N3O/c1-15(2,12-16)18-10-8-17(9-11-18)13-6-4-3-5-7-14(13)19/h13-14,19H,3-11H2,1-2H3. The van der Waals surface area contributed by atoms with E-state index in [1.165, 1.54) is 19.3 Å². The van der Waals surface area contributed by atoms with E-state index < -0.39 is 0 Å². The summed E-state index contributed by atoms with van der Waals surface area (Å²) in [6.45, 7) is 7.81. The predicted octanol–water partition coefficient (Wildman–Crippen LogP) is 1.60. The molecule has 1 aliphatic heterocycles. The van der Waals surface area contributed by atoms with E-state index in [1.807, 2.05) is 13.8 Å². The highest BCUT2D eigenvalue weighted by atomic mass is 16.3. The van der Waals surface area contributed by atoms with Crippen molar-refractivity contribution in [1.29, 1.82) is 5.26 Å². The van der Waals surface area contributed by atoms with Gasteiger partial charge in [-0.3, -0.25) is 9.80 Å². The number of piperazine rings is 1. The zero-order valence-corrected chi connectivity index (χ0v) is 12.3. The largest absolute Gasteiger partial charge is 0.391 e. The maximum absolute atomic E-state index is 10.3. The van der Waals surface area contributed by atoms with Crippen molar-refractivity contribution in [3.05, 3.63) is 0 Å². The molecule has 1 saturated heterocycles. The molecule has 4 nitrogen and oxygen atoms in total. The molecule has 0 radical (unpaired) electrons. The van der Waals surface area contributed by atoms with Gasteiger partial charge in [0.2, 0.25) is 0 Å². The molecule has 2 aliphatic rings. The van der Waals surface area contributed by atoms with Crippen molar-refractivity contribution in [2.24, 2.45) is 0 Å². The van der Waals surface area contributed by atoms with Gasteiger partial charge < -0.3 is 5.11 Å². The van der Waals surface area contributed by atoms with E-state index >= 15 is 0 Å². The van der Waals surface area contributed by atoms with Crippen LogP contribution in [0.5, 0.6) is 0 Å². The number of hydrogen-bond acceptors (Lipinski definition) is 4. The summed E-state index contributed by atoms with van der Waals surface area (Å²) in [4.78, 5) is 4.70. The number of nitriles is 1. The van der Waals surface area contributed by atoms with E-state index in [0.717, 1.165) is 39.0 Å². The second-order valence-corrected chi connectivity index (χ2v) is 6.47. The maximum atomic E-state index is 10.3. The van der Waals surface area contributed by atoms with E-state index in [2.05, 4.69) is 15.9 Å². The number of nitrogens with zero attached hydrogens (tertiary/aromatic N) is 3. The lowest BCUT2D eigenvalue weighted by Gasteiger charge is -2.44. The Labute approximate surface area is 117 Å². The van der Waals surface area contributed by atoms with Crippen molar-refractivity contribution < 1.29 is 5.11 Å². The minimum Gasteiger partial charge on any atom is -0.391 e. The zero-order chi connectivity index (χ0) is 13.9. The molecule has 4 heteroatoms. The molecule has 0 amide bonds. The second kappa shape index (κ2) is 6.21. The molecule has 0 aromatic heterocycles. The van der Waals surface area contributed by atoms with Crippen molar-refractivity contribution >= 4 is 0 Å². The van der Waals surface area contributed by atoms with E-state index in [-0.39, 0.29) is 11.6 Å². The molecule has 1 N–H and O–H groups in total. The molecular formula is C15H27N3O. The van der Waals surface area contributed by atoms with Gasteiger partial charge in [-0.1, -0.05) is 19.3 Å². The van der Waals surface area contributed by atoms with Crippen molar-refractivity contribution in [3.8, 4) is 6.07 Å². The van der Waals surface area contributed by atoms with Gasteiger partial charge >= 0.3 is 0 Å². The Bertz CT molecular complexity index is 329. The third-order valence-corrected chi connectivity index (χ3v) is 4.79. The molecule has 19 heavy (non-hydrogen) atoms. The monoisotopic (exact) mass is 265 g/mol. The molecule has 0 bridgehead atoms. The van der Waals surface area contributed by atoms with E-state index in [0.29, 0.717) is 6.04 Å². The highest BCUT2D eigenvalue weighted by Gasteiger charge is 2.34. The smallest absolute Gasteiger partial charge is 0.103 e. The van der Waals surface area contributed by atoms with Crippen LogP contribution in [0.15, 0.2) is 0 Å². The SMILES string of the molecule is CC(C)(C#N)N1CCN(C2CCCCCC2O)CC1. The Hall–Kier alpha value is -0.630. The molecule has 0 spiro atoms. The molecule has 0 aromatic carbocycles. The molecule has 108 valence electrons. The number of rotatable bonds is 2. The average molecular weight is 265 g/mol. The zero-order valence-electron chi connectivity index (χ0n) is 12.3. The van der Waals surface area contributed by atoms with Crippen molar-refractivity contribution in [1.82, 2.24) is 9.80 Å². The van der Waals surface area contributed by atoms with Gasteiger partial charge in [-0.2, -0.15) is 5.26 Å². The third-order valence-electron chi connectivity index (χ3n) is 4.79. The summed E-state index contributed by atoms with van der Waals surface area (Å²) in [6, 6.07) is 2.72. The highest BCUT2D eigenvalue weighted by Crippen LogP contribution is 2.25. The van der Waals surface area contributed by atoms with Crippen LogP contribution in [0, 0.1) is 11.3 Å². The molecule has 2 rings (SSSR count).